The van der Waals surface area contributed by atoms with Crippen molar-refractivity contribution in [3.05, 3.63) is 35.9 Å². The molecule has 1 aromatic carbocycles. The number of rotatable bonds is 2. The van der Waals surface area contributed by atoms with Crippen molar-refractivity contribution in [2.75, 3.05) is 5.73 Å². The smallest absolute Gasteiger partial charge is 0.138 e. The number of nitrogen functional groups attached to an aromatic ring is 1. The van der Waals surface area contributed by atoms with Gasteiger partial charge in [-0.2, -0.15) is 0 Å². The molecule has 12 heavy (non-hydrogen) atoms. The lowest BCUT2D eigenvalue weighted by Gasteiger charge is -2.05. The number of benzene rings is 1. The molecule has 0 bridgehead atoms. The van der Waals surface area contributed by atoms with Gasteiger partial charge in [-0.3, -0.25) is 0 Å². The summed E-state index contributed by atoms with van der Waals surface area (Å²) in [5, 5.41) is 0. The molecule has 0 saturated carbocycles. The van der Waals surface area contributed by atoms with Crippen LogP contribution in [-0.4, -0.2) is 0 Å². The summed E-state index contributed by atoms with van der Waals surface area (Å²) in [7, 11) is 2.09. The van der Waals surface area contributed by atoms with Crippen molar-refractivity contribution in [1.82, 2.24) is 0 Å². The highest BCUT2D eigenvalue weighted by molar-refractivity contribution is 7.16. The fraction of sp³-hybridized carbons (Fsp3) is 0.111. The number of nitrogens with two attached hydrogens (primary N) is 1. The van der Waals surface area contributed by atoms with Crippen LogP contribution in [0.25, 0.3) is 6.08 Å². The summed E-state index contributed by atoms with van der Waals surface area (Å²) in [6, 6.07) is 5.04. The molecular weight excluding hydrogens is 172 g/mol. The van der Waals surface area contributed by atoms with Gasteiger partial charge in [0.2, 0.25) is 0 Å². The van der Waals surface area contributed by atoms with Gasteiger partial charge in [-0.25, -0.2) is 4.39 Å². The number of halogens is 1. The zero-order valence-electron chi connectivity index (χ0n) is 6.63. The molecule has 0 aliphatic carbocycles. The minimum Gasteiger partial charge on any atom is -0.398 e. The highest BCUT2D eigenvalue weighted by atomic mass is 31.0. The average Bonchev–Trinajstić information content (AvgIpc) is 2.05. The van der Waals surface area contributed by atoms with Gasteiger partial charge in [-0.15, -0.1) is 0 Å². The molecule has 1 nitrogen and oxygen atoms in total. The molecule has 0 radical (unpaired) electrons. The molecule has 0 aliphatic heterocycles. The van der Waals surface area contributed by atoms with Gasteiger partial charge in [0.15, 0.2) is 0 Å². The Balaban J connectivity index is 3.13. The summed E-state index contributed by atoms with van der Waals surface area (Å²) in [6.45, 7) is 3.58. The maximum atomic E-state index is 12.8. The number of anilines is 1. The van der Waals surface area contributed by atoms with Crippen LogP contribution < -0.4 is 5.73 Å². The van der Waals surface area contributed by atoms with Gasteiger partial charge >= 0.3 is 0 Å². The van der Waals surface area contributed by atoms with Crippen LogP contribution >= 0.6 is 9.24 Å². The van der Waals surface area contributed by atoms with E-state index in [9.17, 15) is 4.39 Å². The Labute approximate surface area is 73.7 Å². The topological polar surface area (TPSA) is 26.0 Å². The third kappa shape index (κ3) is 1.83. The van der Waals surface area contributed by atoms with Gasteiger partial charge in [0.05, 0.1) is 0 Å². The largest absolute Gasteiger partial charge is 0.398 e. The van der Waals surface area contributed by atoms with E-state index in [1.807, 2.05) is 0 Å². The van der Waals surface area contributed by atoms with Crippen molar-refractivity contribution in [1.29, 1.82) is 0 Å². The Hall–Kier alpha value is -0.880. The van der Waals surface area contributed by atoms with E-state index < -0.39 is 5.91 Å². The van der Waals surface area contributed by atoms with E-state index in [1.165, 1.54) is 0 Å². The summed E-state index contributed by atoms with van der Waals surface area (Å²) < 4.78 is 12.8. The molecule has 3 heteroatoms. The van der Waals surface area contributed by atoms with E-state index in [4.69, 9.17) is 5.73 Å². The second-order valence-corrected chi connectivity index (χ2v) is 3.08. The fourth-order valence-electron chi connectivity index (χ4n) is 0.942. The molecule has 2 N–H and O–H groups in total. The Kier molecular flexibility index (Phi) is 2.83. The molecule has 0 saturated heterocycles. The minimum absolute atomic E-state index is 0.601. The van der Waals surface area contributed by atoms with Gasteiger partial charge in [-0.05, 0) is 23.3 Å². The predicted molar refractivity (Wildman–Crippen MR) is 54.5 cm³/mol. The lowest BCUT2D eigenvalue weighted by Crippen LogP contribution is -1.91. The number of hydrogen-bond donors (Lipinski definition) is 1. The second-order valence-electron chi connectivity index (χ2n) is 2.49. The molecule has 0 aromatic heterocycles. The lowest BCUT2D eigenvalue weighted by molar-refractivity contribution is 0.469. The van der Waals surface area contributed by atoms with Crippen LogP contribution in [0, 0.1) is 0 Å². The second kappa shape index (κ2) is 3.68. The molecule has 0 heterocycles. The Bertz CT molecular complexity index is 297. The molecule has 0 spiro atoms. The molecule has 2 unspecified atom stereocenters. The monoisotopic (exact) mass is 183 g/mol. The average molecular weight is 183 g/mol. The molecular formula is C9H11FNP. The van der Waals surface area contributed by atoms with Gasteiger partial charge in [-0.1, -0.05) is 28.0 Å². The highest BCUT2D eigenvalue weighted by Gasteiger charge is 2.03. The van der Waals surface area contributed by atoms with Crippen molar-refractivity contribution in [3.8, 4) is 0 Å². The third-order valence-electron chi connectivity index (χ3n) is 1.65. The first-order valence-corrected chi connectivity index (χ1v) is 4.23. The number of alkyl halides is 1. The van der Waals surface area contributed by atoms with E-state index in [1.54, 1.807) is 24.3 Å². The molecule has 0 aliphatic rings. The Morgan fingerprint density at radius 1 is 1.58 bits per heavy atom. The Morgan fingerprint density at radius 3 is 2.75 bits per heavy atom. The lowest BCUT2D eigenvalue weighted by atomic mass is 10.1. The van der Waals surface area contributed by atoms with Crippen LogP contribution in [0.4, 0.5) is 10.1 Å². The summed E-state index contributed by atoms with van der Waals surface area (Å²) >= 11 is 0. The third-order valence-corrected chi connectivity index (χ3v) is 2.03. The van der Waals surface area contributed by atoms with Crippen molar-refractivity contribution in [3.63, 3.8) is 0 Å². The van der Waals surface area contributed by atoms with E-state index in [0.717, 1.165) is 5.56 Å². The van der Waals surface area contributed by atoms with Gasteiger partial charge < -0.3 is 5.73 Å². The van der Waals surface area contributed by atoms with Crippen LogP contribution in [0.2, 0.25) is 0 Å². The minimum atomic E-state index is -1.04. The molecule has 64 valence electrons. The maximum Gasteiger partial charge on any atom is 0.138 e. The van der Waals surface area contributed by atoms with Gasteiger partial charge in [0.25, 0.3) is 0 Å². The van der Waals surface area contributed by atoms with Crippen molar-refractivity contribution < 1.29 is 4.39 Å². The molecule has 2 atom stereocenters. The van der Waals surface area contributed by atoms with Crippen LogP contribution in [0.3, 0.4) is 0 Å². The van der Waals surface area contributed by atoms with Crippen LogP contribution in [-0.2, 0) is 0 Å². The number of hydrogen-bond acceptors (Lipinski definition) is 1. The van der Waals surface area contributed by atoms with Crippen LogP contribution in [0.1, 0.15) is 17.0 Å². The first kappa shape index (κ1) is 9.21. The normalized spacial score (nSPS) is 12.5. The van der Waals surface area contributed by atoms with Crippen LogP contribution in [0.15, 0.2) is 24.8 Å². The highest BCUT2D eigenvalue weighted by Crippen LogP contribution is 2.27. The quantitative estimate of drug-likeness (QED) is 0.553. The van der Waals surface area contributed by atoms with Gasteiger partial charge in [0, 0.05) is 5.69 Å². The van der Waals surface area contributed by atoms with E-state index in [2.05, 4.69) is 15.8 Å². The first-order valence-electron chi connectivity index (χ1n) is 3.56. The summed E-state index contributed by atoms with van der Waals surface area (Å²) in [5.74, 6) is -1.04. The molecule has 1 rings (SSSR count). The van der Waals surface area contributed by atoms with E-state index >= 15 is 0 Å². The standard InChI is InChI=1S/C9H11FNP/c1-2-6-5-7(9(10)12)3-4-8(6)11/h2-5,9H,1,11-12H2. The molecule has 0 amide bonds. The zero-order chi connectivity index (χ0) is 9.14. The first-order chi connectivity index (χ1) is 5.65. The Morgan fingerprint density at radius 2 is 2.25 bits per heavy atom. The molecule has 0 fully saturated rings. The predicted octanol–water partition coefficient (Wildman–Crippen LogP) is 2.76. The van der Waals surface area contributed by atoms with E-state index in [0.29, 0.717) is 11.3 Å². The molecule has 1 aromatic rings. The van der Waals surface area contributed by atoms with Crippen molar-refractivity contribution >= 4 is 21.0 Å². The van der Waals surface area contributed by atoms with E-state index in [-0.39, 0.29) is 0 Å². The van der Waals surface area contributed by atoms with Crippen LogP contribution in [0.5, 0.6) is 0 Å². The summed E-state index contributed by atoms with van der Waals surface area (Å²) in [6.07, 6.45) is 1.62. The summed E-state index contributed by atoms with van der Waals surface area (Å²) in [4.78, 5) is 0. The van der Waals surface area contributed by atoms with Crippen molar-refractivity contribution in [2.24, 2.45) is 0 Å². The fourth-order valence-corrected chi connectivity index (χ4v) is 1.15. The van der Waals surface area contributed by atoms with Gasteiger partial charge in [0.1, 0.15) is 5.91 Å². The SMILES string of the molecule is C=Cc1cc(C(F)P)ccc1N. The zero-order valence-corrected chi connectivity index (χ0v) is 7.78. The van der Waals surface area contributed by atoms with Crippen molar-refractivity contribution in [2.45, 2.75) is 5.91 Å². The maximum absolute atomic E-state index is 12.8. The summed E-state index contributed by atoms with van der Waals surface area (Å²) in [5.41, 5.74) is 7.60.